The lowest BCUT2D eigenvalue weighted by atomic mass is 10.7. The van der Waals surface area contributed by atoms with Gasteiger partial charge in [0.25, 0.3) is 0 Å². The molecule has 0 saturated carbocycles. The topological polar surface area (TPSA) is 30.2 Å². The number of rotatable bonds is 0. The molecule has 0 saturated heterocycles. The molecule has 0 N–H and O–H groups in total. The molecule has 1 heterocycles. The number of carbonyl (C=O) groups excluding carboxylic acids is 1. The quantitative estimate of drug-likeness (QED) is 0.489. The van der Waals surface area contributed by atoms with Gasteiger partial charge in [-0.25, -0.2) is 0 Å². The summed E-state index contributed by atoms with van der Waals surface area (Å²) in [6, 6.07) is 3.67. The van der Waals surface area contributed by atoms with Gasteiger partial charge in [-0.15, -0.1) is 0 Å². The highest BCUT2D eigenvalue weighted by atomic mass is 16.3. The van der Waals surface area contributed by atoms with E-state index in [4.69, 9.17) is 4.79 Å². The summed E-state index contributed by atoms with van der Waals surface area (Å²) in [5.41, 5.74) is 0. The molecule has 0 aliphatic carbocycles. The predicted molar refractivity (Wildman–Crippen MR) is 26.9 cm³/mol. The number of carbonyl (C=O) groups is 1. The lowest BCUT2D eigenvalue weighted by Gasteiger charge is -1.50. The molecule has 38 valence electrons. The first kappa shape index (κ1) is 5.95. The van der Waals surface area contributed by atoms with E-state index in [9.17, 15) is 0 Å². The van der Waals surface area contributed by atoms with Gasteiger partial charge in [0.2, 0.25) is 0 Å². The van der Waals surface area contributed by atoms with E-state index in [0.29, 0.717) is 0 Å². The molecule has 0 radical (unpaired) electrons. The molecule has 0 bridgehead atoms. The molecule has 2 heteroatoms. The van der Waals surface area contributed by atoms with E-state index in [1.807, 2.05) is 18.9 Å². The van der Waals surface area contributed by atoms with Gasteiger partial charge in [-0.2, -0.15) is 0 Å². The van der Waals surface area contributed by atoms with Crippen LogP contribution in [0, 0.1) is 0 Å². The zero-order valence-electron chi connectivity index (χ0n) is 4.83. The van der Waals surface area contributed by atoms with Crippen LogP contribution in [0.5, 0.6) is 0 Å². The van der Waals surface area contributed by atoms with E-state index in [1.54, 1.807) is 12.5 Å². The Labute approximate surface area is 43.2 Å². The Hall–Kier alpha value is -1.05. The van der Waals surface area contributed by atoms with Crippen molar-refractivity contribution in [1.29, 1.82) is 0 Å². The minimum absolute atomic E-state index is 0. The van der Waals surface area contributed by atoms with Crippen LogP contribution in [-0.2, 0) is 4.79 Å². The van der Waals surface area contributed by atoms with Gasteiger partial charge in [-0.05, 0) is 12.1 Å². The predicted octanol–water partition coefficient (Wildman–Crippen LogP) is 1.21. The standard InChI is InChI=1S/C4H4O.CH2O/c1-2-4-5-3-1;1-2/h1-4H;1H2/p+1. The Kier molecular flexibility index (Phi) is 4.21. The fraction of sp³-hybridized carbons (Fsp3) is 0. The molecule has 0 aliphatic rings. The van der Waals surface area contributed by atoms with Gasteiger partial charge in [0.1, 0.15) is 6.79 Å². The molecule has 0 spiro atoms. The van der Waals surface area contributed by atoms with Gasteiger partial charge in [-0.3, -0.25) is 0 Å². The van der Waals surface area contributed by atoms with E-state index < -0.39 is 0 Å². The zero-order chi connectivity index (χ0) is 5.54. The van der Waals surface area contributed by atoms with Crippen LogP contribution in [-0.4, -0.2) is 6.79 Å². The molecular formula is C5H7O2+. The second-order valence-corrected chi connectivity index (χ2v) is 0.793. The van der Waals surface area contributed by atoms with Gasteiger partial charge in [0.15, 0.2) is 0 Å². The summed E-state index contributed by atoms with van der Waals surface area (Å²) in [5.74, 6) is 0. The first-order valence-corrected chi connectivity index (χ1v) is 1.76. The Morgan fingerprint density at radius 3 is 1.86 bits per heavy atom. The van der Waals surface area contributed by atoms with Crippen LogP contribution in [0.3, 0.4) is 0 Å². The van der Waals surface area contributed by atoms with Gasteiger partial charge in [-0.1, -0.05) is 0 Å². The molecule has 0 atom stereocenters. The summed E-state index contributed by atoms with van der Waals surface area (Å²) in [7, 11) is 0. The van der Waals surface area contributed by atoms with Crippen molar-refractivity contribution in [3.8, 4) is 0 Å². The molecule has 1 aromatic rings. The fourth-order valence-electron chi connectivity index (χ4n) is 0.227. The normalized spacial score (nSPS) is 6.29. The van der Waals surface area contributed by atoms with E-state index in [0.717, 1.165) is 0 Å². The van der Waals surface area contributed by atoms with Crippen LogP contribution in [0.2, 0.25) is 0 Å². The van der Waals surface area contributed by atoms with Crippen LogP contribution in [0.4, 0.5) is 0 Å². The van der Waals surface area contributed by atoms with Crippen molar-refractivity contribution in [2.75, 3.05) is 0 Å². The Balaban J connectivity index is 0. The second-order valence-electron chi connectivity index (χ2n) is 0.793. The first-order valence-electron chi connectivity index (χ1n) is 1.76. The molecule has 7 heavy (non-hydrogen) atoms. The molecular weight excluding hydrogens is 92.1 g/mol. The fourth-order valence-corrected chi connectivity index (χ4v) is 0.227. The van der Waals surface area contributed by atoms with Crippen molar-refractivity contribution in [2.24, 2.45) is 0 Å². The highest BCUT2D eigenvalue weighted by Gasteiger charge is 1.58. The summed E-state index contributed by atoms with van der Waals surface area (Å²) in [5, 5.41) is 0. The van der Waals surface area contributed by atoms with Gasteiger partial charge >= 0.3 is 1.43 Å². The lowest BCUT2D eigenvalue weighted by molar-refractivity contribution is -0.0979. The molecule has 0 fully saturated rings. The minimum atomic E-state index is 0. The SMILES string of the molecule is C=O.[H+].c1ccoc1. The van der Waals surface area contributed by atoms with Crippen LogP contribution in [0.1, 0.15) is 1.43 Å². The summed E-state index contributed by atoms with van der Waals surface area (Å²) in [4.78, 5) is 8.00. The summed E-state index contributed by atoms with van der Waals surface area (Å²) >= 11 is 0. The third-order valence-electron chi connectivity index (χ3n) is 0.425. The molecule has 2 nitrogen and oxygen atoms in total. The first-order chi connectivity index (χ1) is 3.50. The van der Waals surface area contributed by atoms with Crippen molar-refractivity contribution in [3.05, 3.63) is 24.7 Å². The molecule has 1 aromatic heterocycles. The maximum Gasteiger partial charge on any atom is 1.00 e. The zero-order valence-corrected chi connectivity index (χ0v) is 3.83. The second kappa shape index (κ2) is 4.95. The number of hydrogen-bond donors (Lipinski definition) is 0. The maximum atomic E-state index is 8.00. The van der Waals surface area contributed by atoms with E-state index in [1.165, 1.54) is 0 Å². The monoisotopic (exact) mass is 99.0 g/mol. The van der Waals surface area contributed by atoms with Crippen molar-refractivity contribution >= 4 is 6.79 Å². The smallest absolute Gasteiger partial charge is 0.473 e. The minimum Gasteiger partial charge on any atom is -0.473 e. The average Bonchev–Trinajstić information content (AvgIpc) is 2.23. The van der Waals surface area contributed by atoms with Crippen molar-refractivity contribution in [3.63, 3.8) is 0 Å². The van der Waals surface area contributed by atoms with Gasteiger partial charge in [0.05, 0.1) is 12.5 Å². The molecule has 1 rings (SSSR count). The Morgan fingerprint density at radius 2 is 1.71 bits per heavy atom. The van der Waals surface area contributed by atoms with Gasteiger partial charge < -0.3 is 9.21 Å². The summed E-state index contributed by atoms with van der Waals surface area (Å²) in [6.07, 6.45) is 3.25. The van der Waals surface area contributed by atoms with Crippen molar-refractivity contribution < 1.29 is 10.6 Å². The summed E-state index contributed by atoms with van der Waals surface area (Å²) < 4.78 is 4.58. The van der Waals surface area contributed by atoms with E-state index in [2.05, 4.69) is 4.42 Å². The third-order valence-corrected chi connectivity index (χ3v) is 0.425. The van der Waals surface area contributed by atoms with Crippen molar-refractivity contribution in [1.82, 2.24) is 0 Å². The number of hydrogen-bond acceptors (Lipinski definition) is 2. The highest BCUT2D eigenvalue weighted by Crippen LogP contribution is 1.79. The highest BCUT2D eigenvalue weighted by molar-refractivity contribution is 5.10. The van der Waals surface area contributed by atoms with Crippen LogP contribution in [0.15, 0.2) is 29.1 Å². The average molecular weight is 99.1 g/mol. The van der Waals surface area contributed by atoms with Crippen LogP contribution >= 0.6 is 0 Å². The lowest BCUT2D eigenvalue weighted by Crippen LogP contribution is -1.16. The third kappa shape index (κ3) is 2.76. The Bertz CT molecular complexity index is 77.3. The molecule has 0 aliphatic heterocycles. The van der Waals surface area contributed by atoms with Gasteiger partial charge in [0, 0.05) is 0 Å². The Morgan fingerprint density at radius 1 is 1.29 bits per heavy atom. The molecule has 0 unspecified atom stereocenters. The largest absolute Gasteiger partial charge is 1.00 e. The molecule has 0 amide bonds. The summed E-state index contributed by atoms with van der Waals surface area (Å²) in [6.45, 7) is 2.00. The van der Waals surface area contributed by atoms with Crippen molar-refractivity contribution in [2.45, 2.75) is 0 Å². The van der Waals surface area contributed by atoms with E-state index in [-0.39, 0.29) is 1.43 Å². The van der Waals surface area contributed by atoms with Crippen LogP contribution in [0.25, 0.3) is 0 Å². The van der Waals surface area contributed by atoms with Crippen LogP contribution < -0.4 is 0 Å². The number of furan rings is 1. The van der Waals surface area contributed by atoms with E-state index >= 15 is 0 Å². The molecule has 0 aromatic carbocycles. The maximum absolute atomic E-state index is 8.00.